The Morgan fingerprint density at radius 3 is 2.89 bits per heavy atom. The van der Waals surface area contributed by atoms with Crippen LogP contribution < -0.4 is 5.32 Å². The molecule has 2 N–H and O–H groups in total. The van der Waals surface area contributed by atoms with E-state index in [0.29, 0.717) is 5.75 Å². The molecule has 0 bridgehead atoms. The van der Waals surface area contributed by atoms with Crippen LogP contribution in [0.2, 0.25) is 0 Å². The lowest BCUT2D eigenvalue weighted by Crippen LogP contribution is -2.33. The van der Waals surface area contributed by atoms with Gasteiger partial charge in [-0.3, -0.25) is 4.79 Å². The third kappa shape index (κ3) is 6.45. The van der Waals surface area contributed by atoms with E-state index in [1.165, 1.54) is 5.56 Å². The van der Waals surface area contributed by atoms with E-state index in [-0.39, 0.29) is 18.6 Å². The van der Waals surface area contributed by atoms with Crippen molar-refractivity contribution in [2.45, 2.75) is 37.6 Å². The maximum atomic E-state index is 11.8. The van der Waals surface area contributed by atoms with Gasteiger partial charge in [-0.2, -0.15) is 0 Å². The number of halogens is 1. The summed E-state index contributed by atoms with van der Waals surface area (Å²) in [6.45, 7) is 4.17. The lowest BCUT2D eigenvalue weighted by Gasteiger charge is -2.13. The monoisotopic (exact) mass is 345 g/mol. The van der Waals surface area contributed by atoms with Crippen LogP contribution in [0.15, 0.2) is 27.6 Å². The van der Waals surface area contributed by atoms with Crippen LogP contribution >= 0.6 is 27.7 Å². The molecule has 3 nitrogen and oxygen atoms in total. The smallest absolute Gasteiger partial charge is 0.230 e. The van der Waals surface area contributed by atoms with E-state index in [0.717, 1.165) is 22.2 Å². The summed E-state index contributed by atoms with van der Waals surface area (Å²) in [4.78, 5) is 12.9. The summed E-state index contributed by atoms with van der Waals surface area (Å²) in [7, 11) is 0. The number of hydrogen-bond donors (Lipinski definition) is 2. The molecule has 0 fully saturated rings. The number of carbonyl (C=O) groups is 1. The lowest BCUT2D eigenvalue weighted by atomic mass is 10.2. The lowest BCUT2D eigenvalue weighted by molar-refractivity contribution is -0.119. The zero-order valence-electron chi connectivity index (χ0n) is 11.3. The highest BCUT2D eigenvalue weighted by Crippen LogP contribution is 2.25. The second-order valence-corrected chi connectivity index (χ2v) is 6.47. The molecule has 0 aliphatic rings. The SMILES string of the molecule is Cc1cc(Br)ccc1SCC(=O)NC(C)CCCO. The standard InChI is InChI=1S/C14H20BrNO2S/c1-10-8-12(15)5-6-13(10)19-9-14(18)16-11(2)4-3-7-17/h5-6,8,11,17H,3-4,7,9H2,1-2H3,(H,16,18). The minimum atomic E-state index is 0.0396. The van der Waals surface area contributed by atoms with Crippen LogP contribution in [-0.2, 0) is 4.79 Å². The number of benzene rings is 1. The van der Waals surface area contributed by atoms with E-state index >= 15 is 0 Å². The molecule has 0 aliphatic carbocycles. The van der Waals surface area contributed by atoms with Gasteiger partial charge in [0, 0.05) is 22.0 Å². The molecule has 1 amide bonds. The molecule has 1 rings (SSSR count). The van der Waals surface area contributed by atoms with E-state index < -0.39 is 0 Å². The molecule has 0 aromatic heterocycles. The van der Waals surface area contributed by atoms with Crippen molar-refractivity contribution < 1.29 is 9.90 Å². The molecule has 1 atom stereocenters. The molecule has 1 aromatic carbocycles. The molecule has 0 spiro atoms. The van der Waals surface area contributed by atoms with Gasteiger partial charge in [-0.15, -0.1) is 11.8 Å². The fraction of sp³-hybridized carbons (Fsp3) is 0.500. The van der Waals surface area contributed by atoms with Gasteiger partial charge in [0.2, 0.25) is 5.91 Å². The van der Waals surface area contributed by atoms with E-state index in [9.17, 15) is 4.79 Å². The van der Waals surface area contributed by atoms with Gasteiger partial charge in [-0.1, -0.05) is 15.9 Å². The molecule has 0 saturated carbocycles. The Balaban J connectivity index is 2.37. The topological polar surface area (TPSA) is 49.3 Å². The van der Waals surface area contributed by atoms with Gasteiger partial charge in [-0.25, -0.2) is 0 Å². The number of nitrogens with one attached hydrogen (secondary N) is 1. The van der Waals surface area contributed by atoms with Gasteiger partial charge in [0.25, 0.3) is 0 Å². The Morgan fingerprint density at radius 1 is 1.53 bits per heavy atom. The van der Waals surface area contributed by atoms with E-state index in [2.05, 4.69) is 21.2 Å². The summed E-state index contributed by atoms with van der Waals surface area (Å²) in [6, 6.07) is 6.17. The first-order valence-electron chi connectivity index (χ1n) is 6.32. The predicted molar refractivity (Wildman–Crippen MR) is 83.5 cm³/mol. The summed E-state index contributed by atoms with van der Waals surface area (Å²) >= 11 is 4.97. The molecule has 0 saturated heterocycles. The van der Waals surface area contributed by atoms with Gasteiger partial charge in [0.15, 0.2) is 0 Å². The number of aliphatic hydroxyl groups is 1. The molecule has 1 unspecified atom stereocenters. The molecule has 19 heavy (non-hydrogen) atoms. The molecule has 0 heterocycles. The van der Waals surface area contributed by atoms with E-state index in [1.807, 2.05) is 32.0 Å². The highest BCUT2D eigenvalue weighted by atomic mass is 79.9. The third-order valence-electron chi connectivity index (χ3n) is 2.70. The molecular weight excluding hydrogens is 326 g/mol. The zero-order valence-corrected chi connectivity index (χ0v) is 13.7. The Morgan fingerprint density at radius 2 is 2.26 bits per heavy atom. The maximum Gasteiger partial charge on any atom is 0.230 e. The number of thioether (sulfide) groups is 1. The molecule has 5 heteroatoms. The average molecular weight is 346 g/mol. The molecule has 0 aliphatic heterocycles. The Labute approximate surface area is 127 Å². The van der Waals surface area contributed by atoms with Gasteiger partial charge in [0.1, 0.15) is 0 Å². The van der Waals surface area contributed by atoms with Crippen molar-refractivity contribution >= 4 is 33.6 Å². The van der Waals surface area contributed by atoms with Gasteiger partial charge in [-0.05, 0) is 50.5 Å². The van der Waals surface area contributed by atoms with Gasteiger partial charge >= 0.3 is 0 Å². The van der Waals surface area contributed by atoms with Crippen molar-refractivity contribution in [2.24, 2.45) is 0 Å². The summed E-state index contributed by atoms with van der Waals surface area (Å²) < 4.78 is 1.05. The van der Waals surface area contributed by atoms with E-state index in [1.54, 1.807) is 11.8 Å². The van der Waals surface area contributed by atoms with Crippen LogP contribution in [-0.4, -0.2) is 29.4 Å². The molecular formula is C14H20BrNO2S. The number of hydrogen-bond acceptors (Lipinski definition) is 3. The third-order valence-corrected chi connectivity index (χ3v) is 4.37. The van der Waals surface area contributed by atoms with Crippen molar-refractivity contribution in [3.8, 4) is 0 Å². The van der Waals surface area contributed by atoms with Crippen molar-refractivity contribution in [3.63, 3.8) is 0 Å². The number of aryl methyl sites for hydroxylation is 1. The quantitative estimate of drug-likeness (QED) is 0.746. The highest BCUT2D eigenvalue weighted by molar-refractivity contribution is 9.10. The first-order valence-corrected chi connectivity index (χ1v) is 8.10. The number of carbonyl (C=O) groups excluding carboxylic acids is 1. The van der Waals surface area contributed by atoms with Crippen molar-refractivity contribution in [3.05, 3.63) is 28.2 Å². The van der Waals surface area contributed by atoms with Crippen LogP contribution in [0.5, 0.6) is 0 Å². The number of amides is 1. The summed E-state index contributed by atoms with van der Waals surface area (Å²) in [5.74, 6) is 0.462. The number of rotatable bonds is 7. The zero-order chi connectivity index (χ0) is 14.3. The minimum absolute atomic E-state index is 0.0396. The first-order chi connectivity index (χ1) is 9.02. The average Bonchev–Trinajstić information content (AvgIpc) is 2.35. The van der Waals surface area contributed by atoms with Crippen molar-refractivity contribution in [1.82, 2.24) is 5.32 Å². The van der Waals surface area contributed by atoms with Crippen molar-refractivity contribution in [1.29, 1.82) is 0 Å². The summed E-state index contributed by atoms with van der Waals surface area (Å²) in [6.07, 6.45) is 1.53. The maximum absolute atomic E-state index is 11.8. The van der Waals surface area contributed by atoms with Crippen LogP contribution in [0.3, 0.4) is 0 Å². The minimum Gasteiger partial charge on any atom is -0.396 e. The van der Waals surface area contributed by atoms with Crippen LogP contribution in [0.25, 0.3) is 0 Å². The van der Waals surface area contributed by atoms with Crippen molar-refractivity contribution in [2.75, 3.05) is 12.4 Å². The predicted octanol–water partition coefficient (Wildman–Crippen LogP) is 3.13. The van der Waals surface area contributed by atoms with E-state index in [4.69, 9.17) is 5.11 Å². The fourth-order valence-electron chi connectivity index (χ4n) is 1.70. The molecule has 106 valence electrons. The second-order valence-electron chi connectivity index (χ2n) is 4.53. The second kappa shape index (κ2) is 8.61. The summed E-state index contributed by atoms with van der Waals surface area (Å²) in [5.41, 5.74) is 1.17. The fourth-order valence-corrected chi connectivity index (χ4v) is 3.00. The van der Waals surface area contributed by atoms with Crippen LogP contribution in [0, 0.1) is 6.92 Å². The first kappa shape index (κ1) is 16.5. The molecule has 0 radical (unpaired) electrons. The number of aliphatic hydroxyl groups excluding tert-OH is 1. The Kier molecular flexibility index (Phi) is 7.49. The van der Waals surface area contributed by atoms with Crippen LogP contribution in [0.4, 0.5) is 0 Å². The highest BCUT2D eigenvalue weighted by Gasteiger charge is 2.08. The molecule has 1 aromatic rings. The van der Waals surface area contributed by atoms with Gasteiger partial charge in [0.05, 0.1) is 5.75 Å². The summed E-state index contributed by atoms with van der Waals surface area (Å²) in [5, 5.41) is 11.7. The Bertz CT molecular complexity index is 426. The van der Waals surface area contributed by atoms with Gasteiger partial charge < -0.3 is 10.4 Å². The van der Waals surface area contributed by atoms with Crippen LogP contribution in [0.1, 0.15) is 25.3 Å². The largest absolute Gasteiger partial charge is 0.396 e. The normalized spacial score (nSPS) is 12.2. The Hall–Kier alpha value is -0.520.